The molecule has 6 nitrogen and oxygen atoms in total. The minimum Gasteiger partial charge on any atom is -0.444 e. The Morgan fingerprint density at radius 2 is 1.77 bits per heavy atom. The van der Waals surface area contributed by atoms with E-state index in [1.165, 1.54) is 0 Å². The molecule has 0 fully saturated rings. The van der Waals surface area contributed by atoms with Gasteiger partial charge in [0.05, 0.1) is 4.05 Å². The molecule has 0 heterocycles. The largest absolute Gasteiger partial charge is 0.444 e. The minimum absolute atomic E-state index is 0.154. The number of benzene rings is 1. The van der Waals surface area contributed by atoms with Crippen LogP contribution in [0.5, 0.6) is 0 Å². The minimum atomic E-state index is -0.538. The lowest BCUT2D eigenvalue weighted by atomic mass is 10.2. The number of carbonyl (C=O) groups excluding carboxylic acids is 2. The Balaban J connectivity index is 2.41. The number of amides is 2. The maximum absolute atomic E-state index is 12.0. The Morgan fingerprint density at radius 1 is 1.15 bits per heavy atom. The third-order valence-corrected chi connectivity index (χ3v) is 3.79. The predicted molar refractivity (Wildman–Crippen MR) is 115 cm³/mol. The summed E-state index contributed by atoms with van der Waals surface area (Å²) in [5.41, 5.74) is -0.00307. The third-order valence-electron chi connectivity index (χ3n) is 2.85. The summed E-state index contributed by atoms with van der Waals surface area (Å²) in [7, 11) is 0. The van der Waals surface area contributed by atoms with Crippen molar-refractivity contribution in [3.05, 3.63) is 48.0 Å². The van der Waals surface area contributed by atoms with E-state index in [4.69, 9.17) is 17.0 Å². The highest BCUT2D eigenvalue weighted by Crippen LogP contribution is 2.07. The molecule has 0 aliphatic rings. The highest BCUT2D eigenvalue weighted by atomic mass is 127. The average Bonchev–Trinajstić information content (AvgIpc) is 2.51. The molecule has 8 heteroatoms. The topological polar surface area (TPSA) is 79.5 Å². The molecule has 1 unspecified atom stereocenters. The highest BCUT2D eigenvalue weighted by molar-refractivity contribution is 14.1. The normalized spacial score (nSPS) is 13.6. The average molecular weight is 489 g/mol. The van der Waals surface area contributed by atoms with E-state index in [9.17, 15) is 9.59 Å². The number of halogens is 1. The van der Waals surface area contributed by atoms with Gasteiger partial charge in [-0.3, -0.25) is 10.1 Å². The molecule has 26 heavy (non-hydrogen) atoms. The fourth-order valence-electron chi connectivity index (χ4n) is 1.78. The lowest BCUT2D eigenvalue weighted by molar-refractivity contribution is 0.0517. The van der Waals surface area contributed by atoms with Crippen LogP contribution in [-0.4, -0.2) is 32.8 Å². The van der Waals surface area contributed by atoms with Gasteiger partial charge in [0.25, 0.3) is 5.91 Å². The van der Waals surface area contributed by atoms with Crippen molar-refractivity contribution in [3.8, 4) is 0 Å². The maximum Gasteiger partial charge on any atom is 0.408 e. The molecular weight excluding hydrogens is 465 g/mol. The van der Waals surface area contributed by atoms with Crippen LogP contribution < -0.4 is 16.0 Å². The van der Waals surface area contributed by atoms with Crippen LogP contribution >= 0.6 is 34.8 Å². The van der Waals surface area contributed by atoms with Gasteiger partial charge < -0.3 is 15.4 Å². The van der Waals surface area contributed by atoms with Crippen LogP contribution in [0.4, 0.5) is 4.79 Å². The van der Waals surface area contributed by atoms with Gasteiger partial charge in [-0.05, 0) is 52.0 Å². The van der Waals surface area contributed by atoms with Crippen LogP contribution in [0.25, 0.3) is 0 Å². The van der Waals surface area contributed by atoms with Crippen molar-refractivity contribution in [2.75, 3.05) is 0 Å². The Bertz CT molecular complexity index is 659. The number of hydrogen-bond acceptors (Lipinski definition) is 4. The van der Waals surface area contributed by atoms with Crippen molar-refractivity contribution in [1.82, 2.24) is 16.0 Å². The molecule has 0 saturated carbocycles. The van der Waals surface area contributed by atoms with Crippen LogP contribution in [0.15, 0.2) is 42.5 Å². The van der Waals surface area contributed by atoms with Crippen molar-refractivity contribution >= 4 is 51.9 Å². The first-order chi connectivity index (χ1) is 12.1. The highest BCUT2D eigenvalue weighted by Gasteiger charge is 2.17. The summed E-state index contributed by atoms with van der Waals surface area (Å²) in [4.78, 5) is 23.7. The second-order valence-electron chi connectivity index (χ2n) is 6.52. The van der Waals surface area contributed by atoms with E-state index in [1.807, 2.05) is 45.9 Å². The van der Waals surface area contributed by atoms with E-state index >= 15 is 0 Å². The molecular formula is C18H24IN3O3S. The Labute approximate surface area is 173 Å². The lowest BCUT2D eigenvalue weighted by Gasteiger charge is -2.21. The van der Waals surface area contributed by atoms with Gasteiger partial charge in [0, 0.05) is 11.6 Å². The zero-order valence-electron chi connectivity index (χ0n) is 15.2. The molecule has 0 saturated heterocycles. The van der Waals surface area contributed by atoms with E-state index in [1.54, 1.807) is 24.3 Å². The second kappa shape index (κ2) is 10.5. The Kier molecular flexibility index (Phi) is 9.00. The molecule has 0 aromatic heterocycles. The molecule has 3 N–H and O–H groups in total. The number of carbonyl (C=O) groups is 2. The summed E-state index contributed by atoms with van der Waals surface area (Å²) in [5.74, 6) is -0.268. The number of rotatable bonds is 5. The van der Waals surface area contributed by atoms with Crippen LogP contribution in [0, 0.1) is 0 Å². The molecule has 0 radical (unpaired) electrons. The summed E-state index contributed by atoms with van der Waals surface area (Å²) < 4.78 is 5.04. The van der Waals surface area contributed by atoms with Crippen LogP contribution in [0.3, 0.4) is 0 Å². The maximum atomic E-state index is 12.0. The Hall–Kier alpha value is -1.68. The van der Waals surface area contributed by atoms with E-state index in [0.717, 1.165) is 0 Å². The van der Waals surface area contributed by atoms with Crippen LogP contribution in [-0.2, 0) is 4.74 Å². The number of hydrogen-bond donors (Lipinski definition) is 3. The molecule has 1 aromatic rings. The number of thiocarbonyl (C=S) groups is 1. The van der Waals surface area contributed by atoms with Gasteiger partial charge in [0.15, 0.2) is 5.11 Å². The quantitative estimate of drug-likeness (QED) is 0.194. The standard InChI is InChI=1S/C18H24IN3O3S/c1-12(20-17(24)25-18(2,3)4)10-11-14(19)21-16(26)22-15(23)13-8-6-5-7-9-13/h5-12,14H,1-4H3,(H,20,24)(H2,21,22,23,26)/b11-10+/t12-,14?/m0/s1. The van der Waals surface area contributed by atoms with Crippen molar-refractivity contribution in [1.29, 1.82) is 0 Å². The van der Waals surface area contributed by atoms with Gasteiger partial charge in [-0.25, -0.2) is 4.79 Å². The summed E-state index contributed by atoms with van der Waals surface area (Å²) >= 11 is 7.27. The van der Waals surface area contributed by atoms with Crippen LogP contribution in [0.1, 0.15) is 38.1 Å². The van der Waals surface area contributed by atoms with Gasteiger partial charge in [-0.2, -0.15) is 0 Å². The molecule has 1 rings (SSSR count). The summed E-state index contributed by atoms with van der Waals surface area (Å²) in [5, 5.41) is 8.56. The number of nitrogens with one attached hydrogen (secondary N) is 3. The molecule has 0 aliphatic heterocycles. The van der Waals surface area contributed by atoms with Crippen LogP contribution in [0.2, 0.25) is 0 Å². The van der Waals surface area contributed by atoms with E-state index in [2.05, 4.69) is 38.5 Å². The van der Waals surface area contributed by atoms with Gasteiger partial charge >= 0.3 is 6.09 Å². The molecule has 1 aromatic carbocycles. The lowest BCUT2D eigenvalue weighted by Crippen LogP contribution is -2.42. The molecule has 0 spiro atoms. The summed E-state index contributed by atoms with van der Waals surface area (Å²) in [6, 6.07) is 8.62. The SMILES string of the molecule is C[C@@H](/C=C/C(I)NC(=S)NC(=O)c1ccccc1)NC(=O)OC(C)(C)C. The van der Waals surface area contributed by atoms with E-state index in [0.29, 0.717) is 5.56 Å². The van der Waals surface area contributed by atoms with Gasteiger partial charge in [0.1, 0.15) is 5.60 Å². The fourth-order valence-corrected chi connectivity index (χ4v) is 2.76. The third kappa shape index (κ3) is 9.71. The van der Waals surface area contributed by atoms with Gasteiger partial charge in [0.2, 0.25) is 0 Å². The first-order valence-electron chi connectivity index (χ1n) is 8.05. The van der Waals surface area contributed by atoms with Gasteiger partial charge in [-0.1, -0.05) is 52.9 Å². The Morgan fingerprint density at radius 3 is 2.35 bits per heavy atom. The summed E-state index contributed by atoms with van der Waals surface area (Å²) in [6.45, 7) is 7.26. The monoisotopic (exact) mass is 489 g/mol. The first kappa shape index (κ1) is 22.4. The van der Waals surface area contributed by atoms with Crippen molar-refractivity contribution in [2.45, 2.75) is 43.4 Å². The van der Waals surface area contributed by atoms with Crippen molar-refractivity contribution in [2.24, 2.45) is 0 Å². The fraction of sp³-hybridized carbons (Fsp3) is 0.389. The molecule has 2 atom stereocenters. The van der Waals surface area contributed by atoms with Crippen molar-refractivity contribution in [3.63, 3.8) is 0 Å². The molecule has 142 valence electrons. The number of alkyl carbamates (subject to hydrolysis) is 1. The number of alkyl halides is 1. The second-order valence-corrected chi connectivity index (χ2v) is 8.27. The summed E-state index contributed by atoms with van der Waals surface area (Å²) in [6.07, 6.45) is 3.18. The predicted octanol–water partition coefficient (Wildman–Crippen LogP) is 3.52. The zero-order valence-corrected chi connectivity index (χ0v) is 18.2. The first-order valence-corrected chi connectivity index (χ1v) is 9.71. The number of ether oxygens (including phenoxy) is 1. The van der Waals surface area contributed by atoms with Gasteiger partial charge in [-0.15, -0.1) is 0 Å². The zero-order chi connectivity index (χ0) is 19.7. The van der Waals surface area contributed by atoms with E-state index < -0.39 is 11.7 Å². The smallest absolute Gasteiger partial charge is 0.408 e. The molecule has 0 bridgehead atoms. The molecule has 2 amide bonds. The molecule has 0 aliphatic carbocycles. The van der Waals surface area contributed by atoms with Crippen molar-refractivity contribution < 1.29 is 14.3 Å². The van der Waals surface area contributed by atoms with E-state index in [-0.39, 0.29) is 21.1 Å².